The second-order valence-corrected chi connectivity index (χ2v) is 7.15. The molecule has 2 aromatic carbocycles. The van der Waals surface area contributed by atoms with Crippen molar-refractivity contribution in [1.82, 2.24) is 5.43 Å². The lowest BCUT2D eigenvalue weighted by molar-refractivity contribution is -0.132. The molecule has 7 nitrogen and oxygen atoms in total. The molecule has 1 amide bonds. The van der Waals surface area contributed by atoms with Crippen molar-refractivity contribution in [3.8, 4) is 5.75 Å². The SMILES string of the molecule is COC(=O)C1=NNC(=O)/C1=C1C=C(/C=C/c2ccc(N(C)C)cc2)c2ccccc2O\1. The lowest BCUT2D eigenvalue weighted by Crippen LogP contribution is -2.23. The normalized spacial score (nSPS) is 17.5. The number of amides is 1. The maximum atomic E-state index is 12.4. The van der Waals surface area contributed by atoms with Crippen molar-refractivity contribution in [3.05, 3.63) is 83.1 Å². The maximum absolute atomic E-state index is 12.4. The van der Waals surface area contributed by atoms with Crippen LogP contribution in [-0.4, -0.2) is 38.8 Å². The molecule has 0 bridgehead atoms. The first-order valence-electron chi connectivity index (χ1n) is 9.63. The van der Waals surface area contributed by atoms with E-state index in [0.29, 0.717) is 5.75 Å². The van der Waals surface area contributed by atoms with Crippen LogP contribution in [-0.2, 0) is 14.3 Å². The summed E-state index contributed by atoms with van der Waals surface area (Å²) in [5.74, 6) is -0.414. The van der Waals surface area contributed by atoms with Crippen molar-refractivity contribution in [2.45, 2.75) is 0 Å². The highest BCUT2D eigenvalue weighted by atomic mass is 16.5. The molecule has 2 aliphatic heterocycles. The van der Waals surface area contributed by atoms with Gasteiger partial charge in [-0.2, -0.15) is 5.10 Å². The van der Waals surface area contributed by atoms with Crippen molar-refractivity contribution in [1.29, 1.82) is 0 Å². The number of ether oxygens (including phenoxy) is 2. The fourth-order valence-corrected chi connectivity index (χ4v) is 3.29. The monoisotopic (exact) mass is 415 g/mol. The molecule has 0 spiro atoms. The first kappa shape index (κ1) is 20.2. The lowest BCUT2D eigenvalue weighted by atomic mass is 9.98. The summed E-state index contributed by atoms with van der Waals surface area (Å²) >= 11 is 0. The van der Waals surface area contributed by atoms with E-state index in [1.54, 1.807) is 6.08 Å². The molecule has 4 rings (SSSR count). The van der Waals surface area contributed by atoms with Crippen LogP contribution < -0.4 is 15.1 Å². The highest BCUT2D eigenvalue weighted by Crippen LogP contribution is 2.36. The summed E-state index contributed by atoms with van der Waals surface area (Å²) in [4.78, 5) is 26.5. The number of methoxy groups -OCH3 is 1. The molecule has 156 valence electrons. The van der Waals surface area contributed by atoms with E-state index in [9.17, 15) is 9.59 Å². The van der Waals surface area contributed by atoms with E-state index in [1.807, 2.05) is 79.7 Å². The zero-order chi connectivity index (χ0) is 22.0. The molecule has 0 aromatic heterocycles. The third kappa shape index (κ3) is 3.98. The summed E-state index contributed by atoms with van der Waals surface area (Å²) in [5.41, 5.74) is 6.09. The Morgan fingerprint density at radius 3 is 2.55 bits per heavy atom. The number of allylic oxidation sites excluding steroid dienone is 3. The average Bonchev–Trinajstić information content (AvgIpc) is 3.18. The fourth-order valence-electron chi connectivity index (χ4n) is 3.29. The van der Waals surface area contributed by atoms with Gasteiger partial charge in [0.05, 0.1) is 7.11 Å². The topological polar surface area (TPSA) is 80.2 Å². The Morgan fingerprint density at radius 2 is 1.84 bits per heavy atom. The molecule has 0 atom stereocenters. The van der Waals surface area contributed by atoms with Crippen LogP contribution in [0.2, 0.25) is 0 Å². The summed E-state index contributed by atoms with van der Waals surface area (Å²) in [6, 6.07) is 15.7. The van der Waals surface area contributed by atoms with Gasteiger partial charge in [-0.25, -0.2) is 10.2 Å². The van der Waals surface area contributed by atoms with E-state index >= 15 is 0 Å². The van der Waals surface area contributed by atoms with E-state index < -0.39 is 11.9 Å². The number of rotatable bonds is 4. The zero-order valence-electron chi connectivity index (χ0n) is 17.4. The van der Waals surface area contributed by atoms with Crippen molar-refractivity contribution in [2.24, 2.45) is 5.10 Å². The largest absolute Gasteiger partial charge is 0.464 e. The zero-order valence-corrected chi connectivity index (χ0v) is 17.4. The van der Waals surface area contributed by atoms with Crippen LogP contribution in [0.25, 0.3) is 11.6 Å². The van der Waals surface area contributed by atoms with Crippen LogP contribution in [0.3, 0.4) is 0 Å². The number of anilines is 1. The fraction of sp³-hybridized carbons (Fsp3) is 0.125. The molecule has 0 aliphatic carbocycles. The standard InChI is InChI=1S/C24H21N3O4/c1-27(2)17-12-9-15(10-13-17)8-11-16-14-20(31-19-7-5-4-6-18(16)19)21-22(24(29)30-3)25-26-23(21)28/h4-14H,1-3H3,(H,26,28)/b11-8+,21-20+. The third-order valence-electron chi connectivity index (χ3n) is 4.93. The van der Waals surface area contributed by atoms with Crippen LogP contribution in [0.15, 0.2) is 77.1 Å². The predicted molar refractivity (Wildman–Crippen MR) is 119 cm³/mol. The van der Waals surface area contributed by atoms with Gasteiger partial charge in [0.2, 0.25) is 0 Å². The van der Waals surface area contributed by atoms with Crippen LogP contribution in [0, 0.1) is 0 Å². The number of benzene rings is 2. The first-order chi connectivity index (χ1) is 15.0. The number of nitrogens with one attached hydrogen (secondary N) is 1. The van der Waals surface area contributed by atoms with E-state index in [2.05, 4.69) is 10.5 Å². The molecular weight excluding hydrogens is 394 g/mol. The van der Waals surface area contributed by atoms with Gasteiger partial charge in [0.25, 0.3) is 5.91 Å². The number of fused-ring (bicyclic) bond motifs is 1. The number of hydrogen-bond donors (Lipinski definition) is 1. The Morgan fingerprint density at radius 1 is 1.10 bits per heavy atom. The molecule has 7 heteroatoms. The Hall–Kier alpha value is -4.13. The minimum atomic E-state index is -0.713. The van der Waals surface area contributed by atoms with Crippen molar-refractivity contribution in [2.75, 3.05) is 26.1 Å². The Balaban J connectivity index is 1.76. The van der Waals surface area contributed by atoms with Crippen LogP contribution in [0.4, 0.5) is 5.69 Å². The van der Waals surface area contributed by atoms with Crippen LogP contribution >= 0.6 is 0 Å². The minimum absolute atomic E-state index is 0.0441. The first-order valence-corrected chi connectivity index (χ1v) is 9.63. The van der Waals surface area contributed by atoms with Gasteiger partial charge in [0.15, 0.2) is 5.71 Å². The molecule has 2 heterocycles. The highest BCUT2D eigenvalue weighted by molar-refractivity contribution is 6.51. The summed E-state index contributed by atoms with van der Waals surface area (Å²) in [6.45, 7) is 0. The van der Waals surface area contributed by atoms with E-state index in [1.165, 1.54) is 7.11 Å². The van der Waals surface area contributed by atoms with Crippen LogP contribution in [0.1, 0.15) is 11.1 Å². The second-order valence-electron chi connectivity index (χ2n) is 7.15. The summed E-state index contributed by atoms with van der Waals surface area (Å²) in [7, 11) is 5.22. The summed E-state index contributed by atoms with van der Waals surface area (Å²) < 4.78 is 10.7. The molecule has 1 N–H and O–H groups in total. The Kier molecular flexibility index (Phi) is 5.41. The number of carbonyl (C=O) groups excluding carboxylic acids is 2. The van der Waals surface area contributed by atoms with Gasteiger partial charge in [0.1, 0.15) is 17.1 Å². The average molecular weight is 415 g/mol. The van der Waals surface area contributed by atoms with Gasteiger partial charge in [-0.3, -0.25) is 4.79 Å². The van der Waals surface area contributed by atoms with Gasteiger partial charge in [0, 0.05) is 25.3 Å². The van der Waals surface area contributed by atoms with E-state index in [0.717, 1.165) is 22.4 Å². The van der Waals surface area contributed by atoms with Crippen molar-refractivity contribution >= 4 is 34.9 Å². The maximum Gasteiger partial charge on any atom is 0.359 e. The van der Waals surface area contributed by atoms with Gasteiger partial charge in [-0.05, 0) is 35.4 Å². The van der Waals surface area contributed by atoms with Gasteiger partial charge in [-0.1, -0.05) is 42.5 Å². The van der Waals surface area contributed by atoms with Crippen molar-refractivity contribution < 1.29 is 19.1 Å². The second kappa shape index (κ2) is 8.31. The van der Waals surface area contributed by atoms with E-state index in [-0.39, 0.29) is 17.0 Å². The summed E-state index contributed by atoms with van der Waals surface area (Å²) in [5, 5.41) is 3.79. The van der Waals surface area contributed by atoms with Gasteiger partial charge < -0.3 is 14.4 Å². The Labute approximate surface area is 180 Å². The number of hydrazone groups is 1. The quantitative estimate of drug-likeness (QED) is 0.613. The van der Waals surface area contributed by atoms with Crippen LogP contribution in [0.5, 0.6) is 5.75 Å². The predicted octanol–water partition coefficient (Wildman–Crippen LogP) is 3.15. The number of para-hydroxylation sites is 1. The third-order valence-corrected chi connectivity index (χ3v) is 4.93. The number of hydrogen-bond acceptors (Lipinski definition) is 6. The minimum Gasteiger partial charge on any atom is -0.464 e. The number of carbonyl (C=O) groups is 2. The molecule has 31 heavy (non-hydrogen) atoms. The van der Waals surface area contributed by atoms with E-state index in [4.69, 9.17) is 9.47 Å². The number of nitrogens with zero attached hydrogens (tertiary/aromatic N) is 2. The molecule has 0 unspecified atom stereocenters. The van der Waals surface area contributed by atoms with Gasteiger partial charge >= 0.3 is 5.97 Å². The lowest BCUT2D eigenvalue weighted by Gasteiger charge is -2.20. The Bertz CT molecular complexity index is 1170. The molecule has 2 aliphatic rings. The molecule has 0 saturated heterocycles. The molecule has 0 saturated carbocycles. The molecule has 0 fully saturated rings. The number of esters is 1. The van der Waals surface area contributed by atoms with Crippen molar-refractivity contribution in [3.63, 3.8) is 0 Å². The summed E-state index contributed by atoms with van der Waals surface area (Å²) in [6.07, 6.45) is 5.67. The highest BCUT2D eigenvalue weighted by Gasteiger charge is 2.34. The molecule has 0 radical (unpaired) electrons. The van der Waals surface area contributed by atoms with Gasteiger partial charge in [-0.15, -0.1) is 0 Å². The molecule has 2 aromatic rings. The smallest absolute Gasteiger partial charge is 0.359 e. The molecular formula is C24H21N3O4.